The lowest BCUT2D eigenvalue weighted by Gasteiger charge is -2.06. The van der Waals surface area contributed by atoms with Gasteiger partial charge >= 0.3 is 0 Å². The van der Waals surface area contributed by atoms with Crippen LogP contribution in [0, 0.1) is 21.7 Å². The largest absolute Gasteiger partial charge is 0.325 e. The Morgan fingerprint density at radius 1 is 1.13 bits per heavy atom. The van der Waals surface area contributed by atoms with Gasteiger partial charge in [0.1, 0.15) is 0 Å². The van der Waals surface area contributed by atoms with E-state index in [9.17, 15) is 23.7 Å². The molecule has 8 heteroatoms. The summed E-state index contributed by atoms with van der Waals surface area (Å²) >= 11 is 1.31. The van der Waals surface area contributed by atoms with E-state index in [1.165, 1.54) is 30.0 Å². The molecular weight excluding hydrogens is 326 g/mol. The summed E-state index contributed by atoms with van der Waals surface area (Å²) in [6.07, 6.45) is 0. The zero-order valence-electron chi connectivity index (χ0n) is 11.8. The smallest absolute Gasteiger partial charge is 0.269 e. The highest BCUT2D eigenvalue weighted by molar-refractivity contribution is 7.99. The zero-order valence-corrected chi connectivity index (χ0v) is 12.6. The maximum atomic E-state index is 13.0. The van der Waals surface area contributed by atoms with Gasteiger partial charge in [-0.15, -0.1) is 11.8 Å². The van der Waals surface area contributed by atoms with E-state index < -0.39 is 16.6 Å². The van der Waals surface area contributed by atoms with E-state index in [-0.39, 0.29) is 23.0 Å². The second-order valence-corrected chi connectivity index (χ2v) is 5.58. The van der Waals surface area contributed by atoms with Gasteiger partial charge in [-0.2, -0.15) is 0 Å². The highest BCUT2D eigenvalue weighted by Crippen LogP contribution is 2.18. The van der Waals surface area contributed by atoms with Gasteiger partial charge in [0.25, 0.3) is 5.69 Å². The fourth-order valence-corrected chi connectivity index (χ4v) is 2.53. The second kappa shape index (κ2) is 7.68. The summed E-state index contributed by atoms with van der Waals surface area (Å²) in [6, 6.07) is 9.17. The van der Waals surface area contributed by atoms with Crippen LogP contribution in [0.15, 0.2) is 42.5 Å². The minimum Gasteiger partial charge on any atom is -0.325 e. The Kier molecular flexibility index (Phi) is 5.64. The lowest BCUT2D eigenvalue weighted by atomic mass is 10.2. The molecule has 1 amide bonds. The molecule has 1 N–H and O–H groups in total. The Balaban J connectivity index is 1.80. The predicted octanol–water partition coefficient (Wildman–Crippen LogP) is 3.74. The Morgan fingerprint density at radius 2 is 1.83 bits per heavy atom. The van der Waals surface area contributed by atoms with Crippen LogP contribution in [0.25, 0.3) is 0 Å². The van der Waals surface area contributed by atoms with Crippen LogP contribution in [0.4, 0.5) is 20.2 Å². The molecule has 2 rings (SSSR count). The average molecular weight is 338 g/mol. The zero-order chi connectivity index (χ0) is 16.8. The maximum Gasteiger partial charge on any atom is 0.269 e. The monoisotopic (exact) mass is 338 g/mol. The summed E-state index contributed by atoms with van der Waals surface area (Å²) in [7, 11) is 0. The highest BCUT2D eigenvalue weighted by atomic mass is 32.2. The number of nitrogens with zero attached hydrogens (tertiary/aromatic N) is 1. The van der Waals surface area contributed by atoms with Crippen LogP contribution in [0.3, 0.4) is 0 Å². The number of carbonyl (C=O) groups is 1. The standard InChI is InChI=1S/C15H12F2N2O3S/c16-13-6-3-11(7-14(13)17)18-15(20)9-23-8-10-1-4-12(5-2-10)19(21)22/h1-7H,8-9H2,(H,18,20). The molecule has 0 spiro atoms. The Labute approximate surface area is 134 Å². The number of nitro benzene ring substituents is 1. The molecule has 0 atom stereocenters. The van der Waals surface area contributed by atoms with Crippen molar-refractivity contribution in [2.24, 2.45) is 0 Å². The normalized spacial score (nSPS) is 10.3. The molecule has 23 heavy (non-hydrogen) atoms. The van der Waals surface area contributed by atoms with Crippen molar-refractivity contribution in [2.75, 3.05) is 11.1 Å². The number of rotatable bonds is 6. The molecule has 0 aliphatic heterocycles. The fraction of sp³-hybridized carbons (Fsp3) is 0.133. The second-order valence-electron chi connectivity index (χ2n) is 4.59. The number of hydrogen-bond acceptors (Lipinski definition) is 4. The SMILES string of the molecule is O=C(CSCc1ccc([N+](=O)[O-])cc1)Nc1ccc(F)c(F)c1. The Morgan fingerprint density at radius 3 is 2.43 bits per heavy atom. The summed E-state index contributed by atoms with van der Waals surface area (Å²) in [5, 5.41) is 13.0. The summed E-state index contributed by atoms with van der Waals surface area (Å²) in [4.78, 5) is 21.8. The van der Waals surface area contributed by atoms with Gasteiger partial charge < -0.3 is 5.32 Å². The van der Waals surface area contributed by atoms with E-state index in [1.807, 2.05) is 0 Å². The van der Waals surface area contributed by atoms with E-state index in [1.54, 1.807) is 12.1 Å². The van der Waals surface area contributed by atoms with E-state index in [4.69, 9.17) is 0 Å². The van der Waals surface area contributed by atoms with Crippen molar-refractivity contribution in [2.45, 2.75) is 5.75 Å². The summed E-state index contributed by atoms with van der Waals surface area (Å²) in [5.41, 5.74) is 1.04. The molecule has 0 bridgehead atoms. The maximum absolute atomic E-state index is 13.0. The van der Waals surface area contributed by atoms with E-state index >= 15 is 0 Å². The minimum atomic E-state index is -1.03. The van der Waals surface area contributed by atoms with Gasteiger partial charge in [0.05, 0.1) is 10.7 Å². The van der Waals surface area contributed by atoms with E-state index in [2.05, 4.69) is 5.32 Å². The quantitative estimate of drug-likeness (QED) is 0.643. The minimum absolute atomic E-state index is 0.00910. The van der Waals surface area contributed by atoms with Crippen molar-refractivity contribution >= 4 is 29.0 Å². The predicted molar refractivity (Wildman–Crippen MR) is 84.2 cm³/mol. The lowest BCUT2D eigenvalue weighted by Crippen LogP contribution is -2.14. The summed E-state index contributed by atoms with van der Waals surface area (Å²) in [5.74, 6) is -1.72. The van der Waals surface area contributed by atoms with Crippen LogP contribution in [-0.2, 0) is 10.5 Å². The molecule has 0 aromatic heterocycles. The molecule has 0 unspecified atom stereocenters. The number of benzene rings is 2. The summed E-state index contributed by atoms with van der Waals surface area (Å²) < 4.78 is 25.8. The molecule has 0 radical (unpaired) electrons. The van der Waals surface area contributed by atoms with E-state index in [0.29, 0.717) is 5.75 Å². The van der Waals surface area contributed by atoms with Gasteiger partial charge in [-0.1, -0.05) is 12.1 Å². The first-order valence-electron chi connectivity index (χ1n) is 6.51. The number of halogens is 2. The summed E-state index contributed by atoms with van der Waals surface area (Å²) in [6.45, 7) is 0. The van der Waals surface area contributed by atoms with Crippen LogP contribution >= 0.6 is 11.8 Å². The number of hydrogen-bond donors (Lipinski definition) is 1. The van der Waals surface area contributed by atoms with E-state index in [0.717, 1.165) is 17.7 Å². The van der Waals surface area contributed by atoms with Gasteiger partial charge in [0, 0.05) is 29.6 Å². The third kappa shape index (κ3) is 5.03. The van der Waals surface area contributed by atoms with Crippen LogP contribution in [0.5, 0.6) is 0 Å². The number of amides is 1. The molecule has 120 valence electrons. The first kappa shape index (κ1) is 16.9. The molecule has 0 heterocycles. The van der Waals surface area contributed by atoms with Crippen molar-refractivity contribution in [3.8, 4) is 0 Å². The number of nitrogens with one attached hydrogen (secondary N) is 1. The lowest BCUT2D eigenvalue weighted by molar-refractivity contribution is -0.384. The van der Waals surface area contributed by atoms with Gasteiger partial charge in [-0.3, -0.25) is 14.9 Å². The number of anilines is 1. The van der Waals surface area contributed by atoms with Crippen molar-refractivity contribution in [3.63, 3.8) is 0 Å². The Bertz CT molecular complexity index is 723. The van der Waals surface area contributed by atoms with Crippen LogP contribution in [0.2, 0.25) is 0 Å². The van der Waals surface area contributed by atoms with Crippen molar-refractivity contribution in [1.29, 1.82) is 0 Å². The van der Waals surface area contributed by atoms with Crippen molar-refractivity contribution in [1.82, 2.24) is 0 Å². The molecule has 0 fully saturated rings. The van der Waals surface area contributed by atoms with Gasteiger partial charge in [-0.25, -0.2) is 8.78 Å². The molecule has 5 nitrogen and oxygen atoms in total. The third-order valence-electron chi connectivity index (χ3n) is 2.85. The van der Waals surface area contributed by atoms with Gasteiger partial charge in [0.15, 0.2) is 11.6 Å². The molecule has 2 aromatic rings. The number of nitro groups is 1. The molecule has 0 aliphatic carbocycles. The van der Waals surface area contributed by atoms with Crippen molar-refractivity contribution < 1.29 is 18.5 Å². The molecular formula is C15H12F2N2O3S. The molecule has 0 saturated heterocycles. The van der Waals surface area contributed by atoms with Gasteiger partial charge in [0.2, 0.25) is 5.91 Å². The number of non-ortho nitro benzene ring substituents is 1. The van der Waals surface area contributed by atoms with Crippen LogP contribution < -0.4 is 5.32 Å². The molecule has 2 aromatic carbocycles. The molecule has 0 aliphatic rings. The number of thioether (sulfide) groups is 1. The highest BCUT2D eigenvalue weighted by Gasteiger charge is 2.07. The third-order valence-corrected chi connectivity index (χ3v) is 3.86. The van der Waals surface area contributed by atoms with Crippen LogP contribution in [-0.4, -0.2) is 16.6 Å². The van der Waals surface area contributed by atoms with Crippen molar-refractivity contribution in [3.05, 3.63) is 69.8 Å². The molecule has 0 saturated carbocycles. The average Bonchev–Trinajstić information content (AvgIpc) is 2.51. The number of carbonyl (C=O) groups excluding carboxylic acids is 1. The van der Waals surface area contributed by atoms with Gasteiger partial charge in [-0.05, 0) is 17.7 Å². The first-order valence-corrected chi connectivity index (χ1v) is 7.67. The van der Waals surface area contributed by atoms with Crippen LogP contribution in [0.1, 0.15) is 5.56 Å². The fourth-order valence-electron chi connectivity index (χ4n) is 1.75. The topological polar surface area (TPSA) is 72.2 Å². The first-order chi connectivity index (χ1) is 11.0. The Hall–Kier alpha value is -2.48.